The highest BCUT2D eigenvalue weighted by Gasteiger charge is 2.46. The number of carbonyl (C=O) groups excluding carboxylic acids is 2. The van der Waals surface area contributed by atoms with E-state index in [1.165, 1.54) is 48.7 Å². The summed E-state index contributed by atoms with van der Waals surface area (Å²) in [5.41, 5.74) is -0.771. The van der Waals surface area contributed by atoms with Gasteiger partial charge in [0.05, 0.1) is 34.3 Å². The summed E-state index contributed by atoms with van der Waals surface area (Å²) in [5.74, 6) is -2.25. The van der Waals surface area contributed by atoms with Crippen LogP contribution in [0.2, 0.25) is 0 Å². The molecule has 33 heavy (non-hydrogen) atoms. The van der Waals surface area contributed by atoms with Gasteiger partial charge in [-0.15, -0.1) is 0 Å². The molecule has 1 aliphatic heterocycles. The van der Waals surface area contributed by atoms with Gasteiger partial charge in [-0.25, -0.2) is 0 Å². The number of rotatable bonds is 6. The van der Waals surface area contributed by atoms with Gasteiger partial charge in [0.15, 0.2) is 0 Å². The summed E-state index contributed by atoms with van der Waals surface area (Å²) in [5, 5.41) is 33.4. The predicted octanol–water partition coefficient (Wildman–Crippen LogP) is 3.72. The maximum Gasteiger partial charge on any atom is 0.296 e. The van der Waals surface area contributed by atoms with Crippen molar-refractivity contribution in [1.29, 1.82) is 0 Å². The zero-order valence-electron chi connectivity index (χ0n) is 16.8. The second-order valence-corrected chi connectivity index (χ2v) is 7.17. The van der Waals surface area contributed by atoms with Crippen LogP contribution in [0.5, 0.6) is 0 Å². The molecule has 1 amide bonds. The number of Topliss-reactive ketones (excluding diaryl/α,β-unsaturated/α-hetero) is 1. The van der Waals surface area contributed by atoms with E-state index in [-0.39, 0.29) is 34.6 Å². The highest BCUT2D eigenvalue weighted by Crippen LogP contribution is 2.41. The number of hydrogen-bond donors (Lipinski definition) is 1. The van der Waals surface area contributed by atoms with Crippen LogP contribution in [0.4, 0.5) is 11.4 Å². The van der Waals surface area contributed by atoms with Crippen molar-refractivity contribution in [3.63, 3.8) is 0 Å². The summed E-state index contributed by atoms with van der Waals surface area (Å²) in [6.45, 7) is -0.142. The van der Waals surface area contributed by atoms with Crippen molar-refractivity contribution >= 4 is 28.8 Å². The zero-order chi connectivity index (χ0) is 23.7. The lowest BCUT2D eigenvalue weighted by molar-refractivity contribution is -0.385. The average molecular weight is 449 g/mol. The number of hydrogen-bond acceptors (Lipinski definition) is 8. The van der Waals surface area contributed by atoms with Crippen LogP contribution in [-0.4, -0.2) is 31.5 Å². The maximum atomic E-state index is 13.0. The molecule has 0 bridgehead atoms. The molecular weight excluding hydrogens is 434 g/mol. The molecule has 0 aliphatic carbocycles. The van der Waals surface area contributed by atoms with Gasteiger partial charge in [0.2, 0.25) is 0 Å². The van der Waals surface area contributed by atoms with Crippen LogP contribution in [0.15, 0.2) is 76.9 Å². The topological polar surface area (TPSA) is 157 Å². The van der Waals surface area contributed by atoms with Crippen LogP contribution >= 0.6 is 0 Å². The molecule has 166 valence electrons. The normalized spacial score (nSPS) is 17.3. The summed E-state index contributed by atoms with van der Waals surface area (Å²) in [7, 11) is 0. The average Bonchev–Trinajstić information content (AvgIpc) is 3.41. The molecule has 1 N–H and O–H groups in total. The number of nitrogens with zero attached hydrogens (tertiary/aromatic N) is 3. The molecule has 11 nitrogen and oxygen atoms in total. The number of aliphatic hydroxyl groups excluding tert-OH is 1. The fourth-order valence-electron chi connectivity index (χ4n) is 3.69. The Bertz CT molecular complexity index is 1310. The van der Waals surface area contributed by atoms with Crippen LogP contribution in [-0.2, 0) is 16.1 Å². The largest absolute Gasteiger partial charge is 0.507 e. The van der Waals surface area contributed by atoms with Gasteiger partial charge in [0.1, 0.15) is 11.5 Å². The molecule has 0 radical (unpaired) electrons. The van der Waals surface area contributed by atoms with Crippen LogP contribution in [0.25, 0.3) is 5.76 Å². The second kappa shape index (κ2) is 8.38. The Morgan fingerprint density at radius 2 is 1.64 bits per heavy atom. The molecule has 0 unspecified atom stereocenters. The molecule has 3 aromatic rings. The highest BCUT2D eigenvalue weighted by molar-refractivity contribution is 6.46. The summed E-state index contributed by atoms with van der Waals surface area (Å²) in [6, 6.07) is 12.3. The molecule has 11 heteroatoms. The lowest BCUT2D eigenvalue weighted by Crippen LogP contribution is -2.29. The molecule has 0 saturated carbocycles. The number of nitro benzene ring substituents is 2. The predicted molar refractivity (Wildman–Crippen MR) is 113 cm³/mol. The second-order valence-electron chi connectivity index (χ2n) is 7.17. The molecule has 1 aliphatic rings. The van der Waals surface area contributed by atoms with Gasteiger partial charge in [-0.1, -0.05) is 24.3 Å². The van der Waals surface area contributed by atoms with E-state index in [1.807, 2.05) is 0 Å². The summed E-state index contributed by atoms with van der Waals surface area (Å²) >= 11 is 0. The van der Waals surface area contributed by atoms with E-state index in [0.717, 1.165) is 11.0 Å². The monoisotopic (exact) mass is 449 g/mol. The van der Waals surface area contributed by atoms with Gasteiger partial charge in [0, 0.05) is 29.8 Å². The third-order valence-corrected chi connectivity index (χ3v) is 5.17. The first-order chi connectivity index (χ1) is 15.8. The summed E-state index contributed by atoms with van der Waals surface area (Å²) < 4.78 is 5.28. The van der Waals surface area contributed by atoms with E-state index in [2.05, 4.69) is 0 Å². The fraction of sp³-hybridized carbons (Fsp3) is 0.0909. The number of benzene rings is 2. The number of nitro groups is 2. The minimum Gasteiger partial charge on any atom is -0.507 e. The minimum absolute atomic E-state index is 0.0457. The number of aliphatic hydroxyl groups is 1. The van der Waals surface area contributed by atoms with E-state index in [4.69, 9.17) is 4.42 Å². The van der Waals surface area contributed by atoms with Gasteiger partial charge in [-0.2, -0.15) is 0 Å². The van der Waals surface area contributed by atoms with Crippen molar-refractivity contribution in [2.45, 2.75) is 12.6 Å². The van der Waals surface area contributed by atoms with Crippen LogP contribution < -0.4 is 0 Å². The Labute approximate surface area is 185 Å². The lowest BCUT2D eigenvalue weighted by atomic mass is 9.95. The SMILES string of the molecule is O=C1C(=O)N(Cc2ccco2)[C@@H](c2cccc([N+](=O)[O-])c2)C1=C(O)c1cccc([N+](=O)[O-])c1. The van der Waals surface area contributed by atoms with Gasteiger partial charge in [-0.05, 0) is 17.7 Å². The van der Waals surface area contributed by atoms with Crippen molar-refractivity contribution in [2.75, 3.05) is 0 Å². The van der Waals surface area contributed by atoms with E-state index >= 15 is 0 Å². The van der Waals surface area contributed by atoms with Gasteiger partial charge in [-0.3, -0.25) is 29.8 Å². The van der Waals surface area contributed by atoms with Crippen molar-refractivity contribution in [1.82, 2.24) is 4.90 Å². The molecule has 4 rings (SSSR count). The molecule has 1 atom stereocenters. The maximum absolute atomic E-state index is 13.0. The van der Waals surface area contributed by atoms with E-state index < -0.39 is 33.3 Å². The smallest absolute Gasteiger partial charge is 0.296 e. The minimum atomic E-state index is -1.19. The number of furan rings is 1. The third kappa shape index (κ3) is 3.94. The van der Waals surface area contributed by atoms with Crippen LogP contribution in [0.3, 0.4) is 0 Å². The van der Waals surface area contributed by atoms with Crippen molar-refractivity contribution in [2.24, 2.45) is 0 Å². The molecular formula is C22H15N3O8. The highest BCUT2D eigenvalue weighted by atomic mass is 16.6. The van der Waals surface area contributed by atoms with E-state index in [9.17, 15) is 34.9 Å². The Kier molecular flexibility index (Phi) is 5.44. The van der Waals surface area contributed by atoms with Gasteiger partial charge in [0.25, 0.3) is 23.1 Å². The van der Waals surface area contributed by atoms with Crippen LogP contribution in [0.1, 0.15) is 22.9 Å². The molecule has 0 spiro atoms. The Balaban J connectivity index is 1.91. The Morgan fingerprint density at radius 3 is 2.27 bits per heavy atom. The Morgan fingerprint density at radius 1 is 0.970 bits per heavy atom. The molecule has 1 fully saturated rings. The van der Waals surface area contributed by atoms with Crippen LogP contribution in [0, 0.1) is 20.2 Å². The first kappa shape index (κ1) is 21.4. The van der Waals surface area contributed by atoms with Crippen molar-refractivity contribution in [3.05, 3.63) is 110 Å². The standard InChI is InChI=1S/C22H15N3O8/c26-20(14-5-2-7-16(11-14)25(31)32)18-19(13-4-1-6-15(10-13)24(29)30)23(22(28)21(18)27)12-17-8-3-9-33-17/h1-11,19,26H,12H2/t19-/m0/s1. The van der Waals surface area contributed by atoms with E-state index in [1.54, 1.807) is 12.1 Å². The number of amides is 1. The fourth-order valence-corrected chi connectivity index (χ4v) is 3.69. The molecule has 2 heterocycles. The number of likely N-dealkylation sites (tertiary alicyclic amines) is 1. The van der Waals surface area contributed by atoms with E-state index in [0.29, 0.717) is 5.76 Å². The lowest BCUT2D eigenvalue weighted by Gasteiger charge is -2.24. The number of non-ortho nitro benzene ring substituents is 2. The zero-order valence-corrected chi connectivity index (χ0v) is 16.8. The molecule has 1 aromatic heterocycles. The molecule has 1 saturated heterocycles. The van der Waals surface area contributed by atoms with Crippen molar-refractivity contribution < 1.29 is 29.0 Å². The summed E-state index contributed by atoms with van der Waals surface area (Å²) in [4.78, 5) is 48.1. The number of ketones is 1. The Hall–Kier alpha value is -4.80. The molecule has 2 aromatic carbocycles. The van der Waals surface area contributed by atoms with Crippen molar-refractivity contribution in [3.8, 4) is 0 Å². The number of carbonyl (C=O) groups is 2. The quantitative estimate of drug-likeness (QED) is 0.196. The third-order valence-electron chi connectivity index (χ3n) is 5.17. The summed E-state index contributed by atoms with van der Waals surface area (Å²) in [6.07, 6.45) is 1.39. The van der Waals surface area contributed by atoms with Gasteiger partial charge < -0.3 is 14.4 Å². The first-order valence-corrected chi connectivity index (χ1v) is 9.58. The van der Waals surface area contributed by atoms with Gasteiger partial charge >= 0.3 is 0 Å². The first-order valence-electron chi connectivity index (χ1n) is 9.58.